The summed E-state index contributed by atoms with van der Waals surface area (Å²) in [4.78, 5) is 14.7. The maximum absolute atomic E-state index is 5.15. The lowest BCUT2D eigenvalue weighted by atomic mass is 10.0. The summed E-state index contributed by atoms with van der Waals surface area (Å²) < 4.78 is 10.3. The van der Waals surface area contributed by atoms with Gasteiger partial charge in [0.15, 0.2) is 6.33 Å². The van der Waals surface area contributed by atoms with Crippen molar-refractivity contribution in [2.45, 2.75) is 31.8 Å². The second kappa shape index (κ2) is 6.69. The summed E-state index contributed by atoms with van der Waals surface area (Å²) in [6.07, 6.45) is 5.02. The van der Waals surface area contributed by atoms with Crippen LogP contribution in [0.1, 0.15) is 31.7 Å². The number of likely N-dealkylation sites (tertiary alicyclic amines) is 1. The molecule has 3 rings (SSSR count). The minimum atomic E-state index is 0.155. The molecule has 0 bridgehead atoms. The van der Waals surface area contributed by atoms with E-state index in [1.165, 1.54) is 12.7 Å². The maximum Gasteiger partial charge on any atom is 0.243 e. The summed E-state index contributed by atoms with van der Waals surface area (Å²) in [5, 5.41) is 7.11. The Bertz CT molecular complexity index is 583. The number of nitrogens with one attached hydrogen (secondary N) is 1. The Morgan fingerprint density at radius 2 is 2.09 bits per heavy atom. The highest BCUT2D eigenvalue weighted by Gasteiger charge is 2.26. The van der Waals surface area contributed by atoms with Gasteiger partial charge in [-0.1, -0.05) is 5.16 Å². The average Bonchev–Trinajstić information content (AvgIpc) is 3.09. The third-order valence-corrected chi connectivity index (χ3v) is 4.02. The minimum Gasteiger partial charge on any atom is -0.481 e. The molecule has 0 radical (unpaired) electrons. The first-order chi connectivity index (χ1) is 10.8. The molecule has 0 saturated carbocycles. The van der Waals surface area contributed by atoms with Gasteiger partial charge in [-0.15, -0.1) is 0 Å². The number of methoxy groups -OCH3 is 1. The van der Waals surface area contributed by atoms with E-state index in [4.69, 9.17) is 9.26 Å². The van der Waals surface area contributed by atoms with Crippen LogP contribution in [-0.2, 0) is 0 Å². The fraction of sp³-hybridized carbons (Fsp3) is 0.571. The lowest BCUT2D eigenvalue weighted by Gasteiger charge is -2.34. The van der Waals surface area contributed by atoms with Gasteiger partial charge in [0, 0.05) is 25.2 Å². The van der Waals surface area contributed by atoms with Gasteiger partial charge < -0.3 is 14.6 Å². The Kier molecular flexibility index (Phi) is 4.47. The normalized spacial score (nSPS) is 18.1. The Hall–Kier alpha value is -2.22. The molecule has 22 heavy (non-hydrogen) atoms. The van der Waals surface area contributed by atoms with Crippen molar-refractivity contribution in [2.24, 2.45) is 0 Å². The number of piperidine rings is 1. The first-order valence-corrected chi connectivity index (χ1v) is 7.39. The Labute approximate surface area is 128 Å². The van der Waals surface area contributed by atoms with Crippen molar-refractivity contribution < 1.29 is 9.26 Å². The monoisotopic (exact) mass is 304 g/mol. The molecule has 3 heterocycles. The van der Waals surface area contributed by atoms with Crippen LogP contribution in [0.5, 0.6) is 5.88 Å². The van der Waals surface area contributed by atoms with E-state index in [1.54, 1.807) is 7.11 Å². The second-order valence-corrected chi connectivity index (χ2v) is 5.36. The van der Waals surface area contributed by atoms with E-state index in [0.717, 1.165) is 31.7 Å². The van der Waals surface area contributed by atoms with Crippen LogP contribution in [0, 0.1) is 0 Å². The van der Waals surface area contributed by atoms with E-state index in [-0.39, 0.29) is 6.04 Å². The van der Waals surface area contributed by atoms with Gasteiger partial charge in [-0.2, -0.15) is 4.98 Å². The van der Waals surface area contributed by atoms with Gasteiger partial charge >= 0.3 is 0 Å². The van der Waals surface area contributed by atoms with Crippen molar-refractivity contribution >= 4 is 5.82 Å². The van der Waals surface area contributed by atoms with Crippen LogP contribution in [0.25, 0.3) is 0 Å². The molecule has 0 aliphatic carbocycles. The summed E-state index contributed by atoms with van der Waals surface area (Å²) in [6.45, 7) is 4.05. The van der Waals surface area contributed by atoms with E-state index in [9.17, 15) is 0 Å². The summed E-state index contributed by atoms with van der Waals surface area (Å²) in [5.74, 6) is 2.04. The molecule has 118 valence electrons. The van der Waals surface area contributed by atoms with Crippen molar-refractivity contribution in [3.8, 4) is 5.88 Å². The smallest absolute Gasteiger partial charge is 0.243 e. The second-order valence-electron chi connectivity index (χ2n) is 5.36. The first-order valence-electron chi connectivity index (χ1n) is 7.39. The highest BCUT2D eigenvalue weighted by atomic mass is 16.5. The van der Waals surface area contributed by atoms with Gasteiger partial charge in [-0.05, 0) is 19.8 Å². The van der Waals surface area contributed by atoms with Crippen molar-refractivity contribution in [1.29, 1.82) is 0 Å². The number of anilines is 1. The first kappa shape index (κ1) is 14.7. The van der Waals surface area contributed by atoms with Gasteiger partial charge in [0.05, 0.1) is 13.2 Å². The molecule has 0 spiro atoms. The van der Waals surface area contributed by atoms with Crippen LogP contribution in [0.15, 0.2) is 23.2 Å². The van der Waals surface area contributed by atoms with E-state index < -0.39 is 0 Å². The molecule has 8 nitrogen and oxygen atoms in total. The molecule has 2 aromatic rings. The van der Waals surface area contributed by atoms with E-state index in [0.29, 0.717) is 17.8 Å². The molecule has 1 atom stereocenters. The molecule has 0 aromatic carbocycles. The Balaban J connectivity index is 1.53. The van der Waals surface area contributed by atoms with Crippen LogP contribution in [-0.4, -0.2) is 51.2 Å². The van der Waals surface area contributed by atoms with E-state index in [1.807, 2.05) is 6.07 Å². The molecule has 8 heteroatoms. The molecule has 1 N–H and O–H groups in total. The van der Waals surface area contributed by atoms with Crippen LogP contribution in [0.2, 0.25) is 0 Å². The van der Waals surface area contributed by atoms with Gasteiger partial charge in [0.2, 0.25) is 11.8 Å². The van der Waals surface area contributed by atoms with E-state index in [2.05, 4.69) is 37.2 Å². The summed E-state index contributed by atoms with van der Waals surface area (Å²) in [7, 11) is 1.60. The molecule has 1 fully saturated rings. The average molecular weight is 304 g/mol. The van der Waals surface area contributed by atoms with Crippen molar-refractivity contribution in [3.05, 3.63) is 24.6 Å². The molecule has 1 saturated heterocycles. The number of nitrogens with zero attached hydrogens (tertiary/aromatic N) is 5. The SMILES string of the molecule is COc1cc(NC2CCN(C(C)c3ncno3)CC2)ncn1. The van der Waals surface area contributed by atoms with E-state index >= 15 is 0 Å². The Morgan fingerprint density at radius 3 is 2.77 bits per heavy atom. The van der Waals surface area contributed by atoms with Crippen LogP contribution < -0.4 is 10.1 Å². The Morgan fingerprint density at radius 1 is 1.27 bits per heavy atom. The van der Waals surface area contributed by atoms with Crippen molar-refractivity contribution in [2.75, 3.05) is 25.5 Å². The number of aromatic nitrogens is 4. The third-order valence-electron chi connectivity index (χ3n) is 4.02. The van der Waals surface area contributed by atoms with Gasteiger partial charge in [0.25, 0.3) is 0 Å². The fourth-order valence-corrected chi connectivity index (χ4v) is 2.69. The van der Waals surface area contributed by atoms with Crippen LogP contribution in [0.3, 0.4) is 0 Å². The largest absolute Gasteiger partial charge is 0.481 e. The highest BCUT2D eigenvalue weighted by molar-refractivity contribution is 5.38. The molecule has 2 aromatic heterocycles. The minimum absolute atomic E-state index is 0.155. The summed E-state index contributed by atoms with van der Waals surface area (Å²) >= 11 is 0. The quantitative estimate of drug-likeness (QED) is 0.889. The molecule has 0 amide bonds. The maximum atomic E-state index is 5.15. The number of hydrogen-bond acceptors (Lipinski definition) is 8. The number of ether oxygens (including phenoxy) is 1. The number of rotatable bonds is 5. The van der Waals surface area contributed by atoms with Crippen LogP contribution in [0.4, 0.5) is 5.82 Å². The van der Waals surface area contributed by atoms with Gasteiger partial charge in [-0.3, -0.25) is 4.90 Å². The zero-order valence-corrected chi connectivity index (χ0v) is 12.8. The third kappa shape index (κ3) is 3.33. The van der Waals surface area contributed by atoms with Crippen molar-refractivity contribution in [3.63, 3.8) is 0 Å². The number of hydrogen-bond donors (Lipinski definition) is 1. The summed E-state index contributed by atoms with van der Waals surface area (Å²) in [5.41, 5.74) is 0. The lowest BCUT2D eigenvalue weighted by Crippen LogP contribution is -2.40. The predicted molar refractivity (Wildman–Crippen MR) is 79.5 cm³/mol. The van der Waals surface area contributed by atoms with Gasteiger partial charge in [0.1, 0.15) is 12.1 Å². The molecular formula is C14H20N6O2. The molecule has 1 unspecified atom stereocenters. The molecular weight excluding hydrogens is 284 g/mol. The van der Waals surface area contributed by atoms with Gasteiger partial charge in [-0.25, -0.2) is 9.97 Å². The zero-order chi connectivity index (χ0) is 15.4. The predicted octanol–water partition coefficient (Wildman–Crippen LogP) is 1.51. The molecule has 1 aliphatic heterocycles. The fourth-order valence-electron chi connectivity index (χ4n) is 2.69. The zero-order valence-electron chi connectivity index (χ0n) is 12.8. The lowest BCUT2D eigenvalue weighted by molar-refractivity contribution is 0.140. The highest BCUT2D eigenvalue weighted by Crippen LogP contribution is 2.24. The molecule has 1 aliphatic rings. The topological polar surface area (TPSA) is 89.2 Å². The summed E-state index contributed by atoms with van der Waals surface area (Å²) in [6, 6.07) is 2.36. The van der Waals surface area contributed by atoms with Crippen LogP contribution >= 0.6 is 0 Å². The standard InChI is InChI=1S/C14H20N6O2/c1-10(14-17-9-18-22-14)20-5-3-11(4-6-20)19-12-7-13(21-2)16-8-15-12/h7-11H,3-6H2,1-2H3,(H,15,16,19). The van der Waals surface area contributed by atoms with Crippen molar-refractivity contribution in [1.82, 2.24) is 25.0 Å².